The van der Waals surface area contributed by atoms with Gasteiger partial charge in [-0.15, -0.1) is 21.5 Å². The van der Waals surface area contributed by atoms with Gasteiger partial charge in [-0.25, -0.2) is 4.79 Å². The minimum Gasteiger partial charge on any atom is -0.486 e. The molecule has 2 aromatic carbocycles. The molecule has 0 atom stereocenters. The van der Waals surface area contributed by atoms with Crippen molar-refractivity contribution in [3.8, 4) is 27.9 Å². The van der Waals surface area contributed by atoms with Crippen LogP contribution >= 0.6 is 23.1 Å². The van der Waals surface area contributed by atoms with E-state index in [1.54, 1.807) is 29.5 Å². The SMILES string of the molecule is O=C(CSc1nnc(-c2cccs2)n1-c1ccccc1)NC(=O)Nc1ccc2c(c1)OCCO2. The number of anilines is 1. The van der Waals surface area contributed by atoms with Crippen molar-refractivity contribution in [2.24, 2.45) is 0 Å². The van der Waals surface area contributed by atoms with Gasteiger partial charge in [-0.2, -0.15) is 0 Å². The van der Waals surface area contributed by atoms with Crippen LogP contribution in [-0.2, 0) is 4.79 Å². The number of hydrogen-bond donors (Lipinski definition) is 2. The summed E-state index contributed by atoms with van der Waals surface area (Å²) in [5.41, 5.74) is 1.38. The topological polar surface area (TPSA) is 107 Å². The summed E-state index contributed by atoms with van der Waals surface area (Å²) in [7, 11) is 0. The smallest absolute Gasteiger partial charge is 0.325 e. The van der Waals surface area contributed by atoms with E-state index in [2.05, 4.69) is 20.8 Å². The van der Waals surface area contributed by atoms with Crippen LogP contribution in [0.25, 0.3) is 16.4 Å². The van der Waals surface area contributed by atoms with E-state index in [1.165, 1.54) is 11.8 Å². The molecule has 4 aromatic rings. The summed E-state index contributed by atoms with van der Waals surface area (Å²) in [6.07, 6.45) is 0. The Morgan fingerprint density at radius 3 is 2.62 bits per heavy atom. The van der Waals surface area contributed by atoms with Crippen LogP contribution in [0.2, 0.25) is 0 Å². The van der Waals surface area contributed by atoms with Crippen LogP contribution in [0.15, 0.2) is 71.2 Å². The van der Waals surface area contributed by atoms with Gasteiger partial charge in [0.25, 0.3) is 0 Å². The second kappa shape index (κ2) is 9.98. The van der Waals surface area contributed by atoms with Gasteiger partial charge in [0.05, 0.1) is 10.6 Å². The van der Waals surface area contributed by atoms with Crippen molar-refractivity contribution >= 4 is 40.7 Å². The quantitative estimate of drug-likeness (QED) is 0.388. The molecule has 0 saturated heterocycles. The number of aromatic nitrogens is 3. The molecule has 2 aromatic heterocycles. The zero-order chi connectivity index (χ0) is 23.3. The summed E-state index contributed by atoms with van der Waals surface area (Å²) in [4.78, 5) is 25.7. The number of imide groups is 1. The first-order chi connectivity index (χ1) is 16.7. The average Bonchev–Trinajstić information content (AvgIpc) is 3.53. The second-order valence-electron chi connectivity index (χ2n) is 7.10. The molecule has 0 bridgehead atoms. The summed E-state index contributed by atoms with van der Waals surface area (Å²) in [6, 6.07) is 18.0. The summed E-state index contributed by atoms with van der Waals surface area (Å²) in [6.45, 7) is 0.930. The van der Waals surface area contributed by atoms with E-state index in [4.69, 9.17) is 9.47 Å². The molecule has 11 heteroatoms. The fraction of sp³-hybridized carbons (Fsp3) is 0.130. The Morgan fingerprint density at radius 1 is 1.00 bits per heavy atom. The first kappa shape index (κ1) is 22.0. The number of nitrogens with zero attached hydrogens (tertiary/aromatic N) is 3. The van der Waals surface area contributed by atoms with Crippen LogP contribution in [0.4, 0.5) is 10.5 Å². The van der Waals surface area contributed by atoms with E-state index in [0.717, 1.165) is 10.6 Å². The molecule has 172 valence electrons. The Kier molecular flexibility index (Phi) is 6.45. The highest BCUT2D eigenvalue weighted by atomic mass is 32.2. The van der Waals surface area contributed by atoms with E-state index in [0.29, 0.717) is 41.4 Å². The van der Waals surface area contributed by atoms with Crippen LogP contribution in [0.5, 0.6) is 11.5 Å². The number of ether oxygens (including phenoxy) is 2. The van der Waals surface area contributed by atoms with Crippen molar-refractivity contribution in [3.63, 3.8) is 0 Å². The maximum absolute atomic E-state index is 12.4. The normalized spacial score (nSPS) is 12.2. The Morgan fingerprint density at radius 2 is 1.82 bits per heavy atom. The molecule has 0 fully saturated rings. The predicted octanol–water partition coefficient (Wildman–Crippen LogP) is 4.21. The summed E-state index contributed by atoms with van der Waals surface area (Å²) >= 11 is 2.76. The average molecular weight is 494 g/mol. The van der Waals surface area contributed by atoms with Crippen LogP contribution in [0.3, 0.4) is 0 Å². The minimum absolute atomic E-state index is 0.00995. The second-order valence-corrected chi connectivity index (χ2v) is 8.99. The number of thioether (sulfide) groups is 1. The highest BCUT2D eigenvalue weighted by Gasteiger charge is 2.19. The molecule has 0 saturated carbocycles. The van der Waals surface area contributed by atoms with Crippen molar-refractivity contribution in [3.05, 3.63) is 66.0 Å². The summed E-state index contributed by atoms with van der Waals surface area (Å²) < 4.78 is 12.9. The number of carbonyl (C=O) groups is 2. The summed E-state index contributed by atoms with van der Waals surface area (Å²) in [5, 5.41) is 16.1. The van der Waals surface area contributed by atoms with Crippen LogP contribution < -0.4 is 20.1 Å². The molecule has 0 radical (unpaired) electrons. The first-order valence-electron chi connectivity index (χ1n) is 10.4. The van der Waals surface area contributed by atoms with E-state index >= 15 is 0 Å². The molecule has 0 aliphatic carbocycles. The third-order valence-corrected chi connectivity index (χ3v) is 6.57. The lowest BCUT2D eigenvalue weighted by atomic mass is 10.2. The fourth-order valence-corrected chi connectivity index (χ4v) is 4.77. The number of rotatable bonds is 6. The van der Waals surface area contributed by atoms with E-state index in [-0.39, 0.29) is 5.75 Å². The molecule has 1 aliphatic heterocycles. The Labute approximate surface area is 203 Å². The molecule has 0 spiro atoms. The van der Waals surface area contributed by atoms with Crippen molar-refractivity contribution in [1.82, 2.24) is 20.1 Å². The Bertz CT molecular complexity index is 1310. The Hall–Kier alpha value is -3.83. The van der Waals surface area contributed by atoms with Crippen molar-refractivity contribution < 1.29 is 19.1 Å². The van der Waals surface area contributed by atoms with Gasteiger partial charge < -0.3 is 14.8 Å². The van der Waals surface area contributed by atoms with Crippen molar-refractivity contribution in [1.29, 1.82) is 0 Å². The maximum Gasteiger partial charge on any atom is 0.325 e. The van der Waals surface area contributed by atoms with E-state index in [9.17, 15) is 9.59 Å². The standard InChI is InChI=1S/C23H19N5O4S2/c29-20(25-22(30)24-15-8-9-17-18(13-15)32-11-10-31-17)14-34-23-27-26-21(19-7-4-12-33-19)28(23)16-5-2-1-3-6-16/h1-9,12-13H,10-11,14H2,(H2,24,25,29,30). The lowest BCUT2D eigenvalue weighted by Gasteiger charge is -2.19. The zero-order valence-corrected chi connectivity index (χ0v) is 19.4. The van der Waals surface area contributed by atoms with Crippen LogP contribution in [0, 0.1) is 0 Å². The highest BCUT2D eigenvalue weighted by molar-refractivity contribution is 7.99. The van der Waals surface area contributed by atoms with Gasteiger partial charge in [-0.3, -0.25) is 14.7 Å². The van der Waals surface area contributed by atoms with Crippen molar-refractivity contribution in [2.45, 2.75) is 5.16 Å². The van der Waals surface area contributed by atoms with Gasteiger partial charge in [0, 0.05) is 17.4 Å². The lowest BCUT2D eigenvalue weighted by Crippen LogP contribution is -2.35. The number of thiophene rings is 1. The third-order valence-electron chi connectivity index (χ3n) is 4.77. The van der Waals surface area contributed by atoms with E-state index in [1.807, 2.05) is 52.4 Å². The molecule has 34 heavy (non-hydrogen) atoms. The number of urea groups is 1. The fourth-order valence-electron chi connectivity index (χ4n) is 3.31. The van der Waals surface area contributed by atoms with Gasteiger partial charge in [0.15, 0.2) is 22.5 Å². The number of para-hydroxylation sites is 1. The molecular weight excluding hydrogens is 474 g/mol. The Balaban J connectivity index is 1.24. The van der Waals surface area contributed by atoms with Crippen molar-refractivity contribution in [2.75, 3.05) is 24.3 Å². The largest absolute Gasteiger partial charge is 0.486 e. The van der Waals surface area contributed by atoms with E-state index < -0.39 is 11.9 Å². The number of hydrogen-bond acceptors (Lipinski definition) is 8. The monoisotopic (exact) mass is 493 g/mol. The summed E-state index contributed by atoms with van der Waals surface area (Å²) in [5.74, 6) is 1.40. The molecule has 3 heterocycles. The van der Waals surface area contributed by atoms with Crippen LogP contribution in [-0.4, -0.2) is 45.7 Å². The first-order valence-corrected chi connectivity index (χ1v) is 12.2. The van der Waals surface area contributed by atoms with Gasteiger partial charge in [-0.1, -0.05) is 36.0 Å². The molecule has 5 rings (SSSR count). The van der Waals surface area contributed by atoms with Gasteiger partial charge in [-0.05, 0) is 35.7 Å². The number of fused-ring (bicyclic) bond motifs is 1. The van der Waals surface area contributed by atoms with Crippen LogP contribution in [0.1, 0.15) is 0 Å². The number of benzene rings is 2. The molecule has 1 aliphatic rings. The molecule has 2 N–H and O–H groups in total. The molecular formula is C23H19N5O4S2. The molecule has 3 amide bonds. The number of amides is 3. The zero-order valence-electron chi connectivity index (χ0n) is 17.8. The minimum atomic E-state index is -0.633. The maximum atomic E-state index is 12.4. The highest BCUT2D eigenvalue weighted by Crippen LogP contribution is 2.33. The predicted molar refractivity (Wildman–Crippen MR) is 130 cm³/mol. The lowest BCUT2D eigenvalue weighted by molar-refractivity contribution is -0.117. The molecule has 0 unspecified atom stereocenters. The number of nitrogens with one attached hydrogen (secondary N) is 2. The van der Waals surface area contributed by atoms with Gasteiger partial charge in [0.2, 0.25) is 5.91 Å². The number of carbonyl (C=O) groups excluding carboxylic acids is 2. The van der Waals surface area contributed by atoms with Gasteiger partial charge >= 0.3 is 6.03 Å². The van der Waals surface area contributed by atoms with Gasteiger partial charge in [0.1, 0.15) is 13.2 Å². The molecule has 9 nitrogen and oxygen atoms in total. The third kappa shape index (κ3) is 4.90.